The number of benzene rings is 1. The third kappa shape index (κ3) is 2.86. The zero-order valence-corrected chi connectivity index (χ0v) is 9.87. The van der Waals surface area contributed by atoms with Gasteiger partial charge in [0.15, 0.2) is 5.78 Å². The summed E-state index contributed by atoms with van der Waals surface area (Å²) < 4.78 is 5.17. The molecule has 1 aromatic heterocycles. The van der Waals surface area contributed by atoms with Crippen molar-refractivity contribution in [3.8, 4) is 6.07 Å². The Hall–Kier alpha value is -2.34. The number of carbonyl (C=O) groups is 1. The predicted molar refractivity (Wildman–Crippen MR) is 66.8 cm³/mol. The second kappa shape index (κ2) is 5.83. The minimum absolute atomic E-state index is 0.0694. The van der Waals surface area contributed by atoms with Crippen LogP contribution in [-0.4, -0.2) is 5.78 Å². The lowest BCUT2D eigenvalue weighted by Crippen LogP contribution is -2.11. The SMILES string of the molecule is N#CC(C(=O)CCc1ccco1)c1ccccc1. The summed E-state index contributed by atoms with van der Waals surface area (Å²) in [5, 5.41) is 9.11. The minimum Gasteiger partial charge on any atom is -0.469 e. The molecule has 2 rings (SSSR count). The number of hydrogen-bond acceptors (Lipinski definition) is 3. The molecule has 0 N–H and O–H groups in total. The van der Waals surface area contributed by atoms with Crippen LogP contribution in [0.15, 0.2) is 53.1 Å². The average molecular weight is 239 g/mol. The van der Waals surface area contributed by atoms with E-state index in [2.05, 4.69) is 6.07 Å². The van der Waals surface area contributed by atoms with Crippen LogP contribution in [0.5, 0.6) is 0 Å². The molecule has 90 valence electrons. The summed E-state index contributed by atoms with van der Waals surface area (Å²) in [6.07, 6.45) is 2.44. The highest BCUT2D eigenvalue weighted by Gasteiger charge is 2.19. The zero-order chi connectivity index (χ0) is 12.8. The second-order valence-corrected chi connectivity index (χ2v) is 4.02. The van der Waals surface area contributed by atoms with E-state index in [1.54, 1.807) is 24.5 Å². The molecule has 0 radical (unpaired) electrons. The number of furan rings is 1. The molecule has 0 aliphatic carbocycles. The first kappa shape index (κ1) is 12.1. The standard InChI is InChI=1S/C15H13NO2/c16-11-14(12-5-2-1-3-6-12)15(17)9-8-13-7-4-10-18-13/h1-7,10,14H,8-9H2. The first-order chi connectivity index (χ1) is 8.81. The molecule has 1 unspecified atom stereocenters. The van der Waals surface area contributed by atoms with Gasteiger partial charge in [-0.05, 0) is 17.7 Å². The van der Waals surface area contributed by atoms with E-state index in [0.717, 1.165) is 11.3 Å². The molecule has 1 heterocycles. The molecule has 0 spiro atoms. The van der Waals surface area contributed by atoms with Gasteiger partial charge in [-0.3, -0.25) is 4.79 Å². The van der Waals surface area contributed by atoms with Crippen molar-refractivity contribution >= 4 is 5.78 Å². The summed E-state index contributed by atoms with van der Waals surface area (Å²) >= 11 is 0. The van der Waals surface area contributed by atoms with Crippen molar-refractivity contribution in [2.75, 3.05) is 0 Å². The molecule has 0 aliphatic heterocycles. The maximum Gasteiger partial charge on any atom is 0.154 e. The summed E-state index contributed by atoms with van der Waals surface area (Å²) in [6, 6.07) is 14.8. The number of hydrogen-bond donors (Lipinski definition) is 0. The molecule has 3 heteroatoms. The first-order valence-corrected chi connectivity index (χ1v) is 5.81. The van der Waals surface area contributed by atoms with Gasteiger partial charge in [-0.15, -0.1) is 0 Å². The molecule has 0 saturated carbocycles. The molecule has 0 fully saturated rings. The van der Waals surface area contributed by atoms with Crippen molar-refractivity contribution in [3.63, 3.8) is 0 Å². The lowest BCUT2D eigenvalue weighted by atomic mass is 9.93. The fourth-order valence-electron chi connectivity index (χ4n) is 1.82. The smallest absolute Gasteiger partial charge is 0.154 e. The number of nitrogens with zero attached hydrogens (tertiary/aromatic N) is 1. The van der Waals surface area contributed by atoms with Gasteiger partial charge in [-0.1, -0.05) is 30.3 Å². The quantitative estimate of drug-likeness (QED) is 0.805. The lowest BCUT2D eigenvalue weighted by Gasteiger charge is -2.07. The molecule has 18 heavy (non-hydrogen) atoms. The van der Waals surface area contributed by atoms with Gasteiger partial charge in [-0.2, -0.15) is 5.26 Å². The molecule has 0 aliphatic rings. The number of carbonyl (C=O) groups excluding carboxylic acids is 1. The summed E-state index contributed by atoms with van der Waals surface area (Å²) in [5.41, 5.74) is 0.754. The van der Waals surface area contributed by atoms with Gasteiger partial charge in [0.25, 0.3) is 0 Å². The number of nitriles is 1. The van der Waals surface area contributed by atoms with E-state index < -0.39 is 5.92 Å². The van der Waals surface area contributed by atoms with Crippen LogP contribution in [0.2, 0.25) is 0 Å². The Balaban J connectivity index is 2.01. The van der Waals surface area contributed by atoms with E-state index in [9.17, 15) is 4.79 Å². The van der Waals surface area contributed by atoms with Crippen LogP contribution in [0.3, 0.4) is 0 Å². The average Bonchev–Trinajstić information content (AvgIpc) is 2.92. The third-order valence-electron chi connectivity index (χ3n) is 2.78. The molecular formula is C15H13NO2. The lowest BCUT2D eigenvalue weighted by molar-refractivity contribution is -0.119. The Morgan fingerprint density at radius 3 is 2.61 bits per heavy atom. The van der Waals surface area contributed by atoms with Crippen molar-refractivity contribution in [2.45, 2.75) is 18.8 Å². The Labute approximate surface area is 106 Å². The van der Waals surface area contributed by atoms with Crippen molar-refractivity contribution in [1.82, 2.24) is 0 Å². The van der Waals surface area contributed by atoms with E-state index >= 15 is 0 Å². The number of ketones is 1. The van der Waals surface area contributed by atoms with Gasteiger partial charge in [0, 0.05) is 12.8 Å². The maximum absolute atomic E-state index is 12.0. The largest absolute Gasteiger partial charge is 0.469 e. The third-order valence-corrected chi connectivity index (χ3v) is 2.78. The minimum atomic E-state index is -0.679. The Morgan fingerprint density at radius 2 is 2.00 bits per heavy atom. The van der Waals surface area contributed by atoms with Crippen LogP contribution in [0.25, 0.3) is 0 Å². The van der Waals surface area contributed by atoms with Crippen molar-refractivity contribution in [2.24, 2.45) is 0 Å². The fraction of sp³-hybridized carbons (Fsp3) is 0.200. The van der Waals surface area contributed by atoms with Gasteiger partial charge in [0.1, 0.15) is 11.7 Å². The molecule has 0 bridgehead atoms. The van der Waals surface area contributed by atoms with Crippen molar-refractivity contribution in [3.05, 3.63) is 60.1 Å². The van der Waals surface area contributed by atoms with Crippen molar-refractivity contribution < 1.29 is 9.21 Å². The second-order valence-electron chi connectivity index (χ2n) is 4.02. The zero-order valence-electron chi connectivity index (χ0n) is 9.87. The van der Waals surface area contributed by atoms with Gasteiger partial charge in [-0.25, -0.2) is 0 Å². The summed E-state index contributed by atoms with van der Waals surface area (Å²) in [6.45, 7) is 0. The molecule has 0 amide bonds. The van der Waals surface area contributed by atoms with Crippen LogP contribution >= 0.6 is 0 Å². The fourth-order valence-corrected chi connectivity index (χ4v) is 1.82. The van der Waals surface area contributed by atoms with Crippen LogP contribution in [0.4, 0.5) is 0 Å². The molecule has 1 atom stereocenters. The summed E-state index contributed by atoms with van der Waals surface area (Å²) in [7, 11) is 0. The molecule has 2 aromatic rings. The van der Waals surface area contributed by atoms with Crippen molar-refractivity contribution in [1.29, 1.82) is 5.26 Å². The van der Waals surface area contributed by atoms with E-state index in [0.29, 0.717) is 12.8 Å². The van der Waals surface area contributed by atoms with Gasteiger partial charge in [0.2, 0.25) is 0 Å². The highest BCUT2D eigenvalue weighted by atomic mass is 16.3. The highest BCUT2D eigenvalue weighted by molar-refractivity contribution is 5.88. The van der Waals surface area contributed by atoms with Gasteiger partial charge in [0.05, 0.1) is 12.3 Å². The number of aryl methyl sites for hydroxylation is 1. The normalized spacial score (nSPS) is 11.7. The molecule has 0 saturated heterocycles. The maximum atomic E-state index is 12.0. The van der Waals surface area contributed by atoms with Gasteiger partial charge < -0.3 is 4.42 Å². The van der Waals surface area contributed by atoms with Crippen LogP contribution in [-0.2, 0) is 11.2 Å². The van der Waals surface area contributed by atoms with E-state index in [4.69, 9.17) is 9.68 Å². The molecular weight excluding hydrogens is 226 g/mol. The Kier molecular flexibility index (Phi) is 3.93. The van der Waals surface area contributed by atoms with E-state index in [-0.39, 0.29) is 5.78 Å². The van der Waals surface area contributed by atoms with E-state index in [1.165, 1.54) is 0 Å². The topological polar surface area (TPSA) is 54.0 Å². The van der Waals surface area contributed by atoms with Crippen LogP contribution < -0.4 is 0 Å². The first-order valence-electron chi connectivity index (χ1n) is 5.81. The van der Waals surface area contributed by atoms with E-state index in [1.807, 2.05) is 24.3 Å². The van der Waals surface area contributed by atoms with Crippen LogP contribution in [0, 0.1) is 11.3 Å². The number of rotatable bonds is 5. The number of Topliss-reactive ketones (excluding diaryl/α,β-unsaturated/α-hetero) is 1. The summed E-state index contributed by atoms with van der Waals surface area (Å²) in [4.78, 5) is 12.0. The highest BCUT2D eigenvalue weighted by Crippen LogP contribution is 2.18. The Morgan fingerprint density at radius 1 is 1.22 bits per heavy atom. The monoisotopic (exact) mass is 239 g/mol. The molecule has 1 aromatic carbocycles. The van der Waals surface area contributed by atoms with Gasteiger partial charge >= 0.3 is 0 Å². The van der Waals surface area contributed by atoms with Crippen LogP contribution in [0.1, 0.15) is 23.7 Å². The predicted octanol–water partition coefficient (Wildman–Crippen LogP) is 3.09. The molecule has 3 nitrogen and oxygen atoms in total. The Bertz CT molecular complexity index is 538. The summed E-state index contributed by atoms with van der Waals surface area (Å²) in [5.74, 6) is 0.0226.